The van der Waals surface area contributed by atoms with Crippen LogP contribution in [0.5, 0.6) is 0 Å². The van der Waals surface area contributed by atoms with Gasteiger partial charge in [-0.1, -0.05) is 36.4 Å². The molecule has 4 rings (SSSR count). The number of fused-ring (bicyclic) bond motifs is 1. The molecule has 0 fully saturated rings. The molecule has 2 heterocycles. The second kappa shape index (κ2) is 7.60. The molecule has 0 saturated carbocycles. The molecule has 2 aromatic heterocycles. The lowest BCUT2D eigenvalue weighted by atomic mass is 10.1. The van der Waals surface area contributed by atoms with Gasteiger partial charge in [-0.05, 0) is 31.2 Å². The first-order valence-electron chi connectivity index (χ1n) is 8.94. The molecule has 0 bridgehead atoms. The lowest BCUT2D eigenvalue weighted by molar-refractivity contribution is 0.0409. The fraction of sp³-hybridized carbons (Fsp3) is 0.136. The molecule has 0 spiro atoms. The topological polar surface area (TPSA) is 86.7 Å². The summed E-state index contributed by atoms with van der Waals surface area (Å²) < 4.78 is 41.4. The number of carbonyl (C=O) groups excluding carboxylic acids is 1. The predicted octanol–water partition coefficient (Wildman–Crippen LogP) is 4.67. The minimum absolute atomic E-state index is 0.0785. The van der Waals surface area contributed by atoms with E-state index >= 15 is 0 Å². The third-order valence-electron chi connectivity index (χ3n) is 4.66. The van der Waals surface area contributed by atoms with Gasteiger partial charge >= 0.3 is 5.97 Å². The number of para-hydroxylation sites is 1. The lowest BCUT2D eigenvalue weighted by Crippen LogP contribution is -2.10. The number of benzene rings is 2. The molecule has 0 saturated heterocycles. The molecular formula is C22H18O6S. The Labute approximate surface area is 167 Å². The van der Waals surface area contributed by atoms with Crippen molar-refractivity contribution in [3.8, 4) is 0 Å². The van der Waals surface area contributed by atoms with Gasteiger partial charge in [0, 0.05) is 16.5 Å². The summed E-state index contributed by atoms with van der Waals surface area (Å²) in [5, 5.41) is 0.950. The van der Waals surface area contributed by atoms with E-state index in [1.165, 1.54) is 24.5 Å². The van der Waals surface area contributed by atoms with E-state index in [2.05, 4.69) is 0 Å². The van der Waals surface area contributed by atoms with Gasteiger partial charge in [0.05, 0.1) is 16.9 Å². The van der Waals surface area contributed by atoms with Crippen molar-refractivity contribution in [1.29, 1.82) is 0 Å². The molecule has 0 amide bonds. The number of hydrogen-bond acceptors (Lipinski definition) is 6. The largest absolute Gasteiger partial charge is 0.457 e. The highest BCUT2D eigenvalue weighted by atomic mass is 32.2. The van der Waals surface area contributed by atoms with Crippen molar-refractivity contribution in [3.05, 3.63) is 89.6 Å². The second-order valence-electron chi connectivity index (χ2n) is 6.57. The van der Waals surface area contributed by atoms with E-state index in [4.69, 9.17) is 13.6 Å². The molecule has 0 unspecified atom stereocenters. The van der Waals surface area contributed by atoms with Crippen LogP contribution in [0.3, 0.4) is 0 Å². The predicted molar refractivity (Wildman–Crippen MR) is 106 cm³/mol. The number of furan rings is 2. The molecule has 0 aliphatic rings. The van der Waals surface area contributed by atoms with Crippen molar-refractivity contribution >= 4 is 26.8 Å². The Kier molecular flexibility index (Phi) is 4.98. The van der Waals surface area contributed by atoms with E-state index in [0.29, 0.717) is 11.3 Å². The van der Waals surface area contributed by atoms with Crippen LogP contribution in [-0.2, 0) is 26.9 Å². The van der Waals surface area contributed by atoms with Gasteiger partial charge in [-0.3, -0.25) is 0 Å². The maximum Gasteiger partial charge on any atom is 0.374 e. The van der Waals surface area contributed by atoms with Crippen molar-refractivity contribution in [3.63, 3.8) is 0 Å². The first kappa shape index (κ1) is 19.0. The van der Waals surface area contributed by atoms with Gasteiger partial charge in [0.25, 0.3) is 0 Å². The van der Waals surface area contributed by atoms with Gasteiger partial charge in [-0.15, -0.1) is 0 Å². The first-order chi connectivity index (χ1) is 14.0. The normalized spacial score (nSPS) is 11.6. The summed E-state index contributed by atoms with van der Waals surface area (Å²) in [7, 11) is -3.62. The maximum atomic E-state index is 12.6. The van der Waals surface area contributed by atoms with Crippen LogP contribution in [0.2, 0.25) is 0 Å². The van der Waals surface area contributed by atoms with Crippen LogP contribution in [0, 0.1) is 6.92 Å². The molecule has 0 atom stereocenters. The van der Waals surface area contributed by atoms with Gasteiger partial charge < -0.3 is 13.6 Å². The quantitative estimate of drug-likeness (QED) is 0.430. The number of rotatable bonds is 6. The van der Waals surface area contributed by atoms with Gasteiger partial charge in [0.1, 0.15) is 18.0 Å². The third-order valence-corrected chi connectivity index (χ3v) is 6.34. The summed E-state index contributed by atoms with van der Waals surface area (Å²) in [6, 6.07) is 17.1. The summed E-state index contributed by atoms with van der Waals surface area (Å²) in [5.74, 6) is -0.697. The summed E-state index contributed by atoms with van der Waals surface area (Å²) in [6.45, 7) is 1.81. The van der Waals surface area contributed by atoms with Crippen molar-refractivity contribution in [1.82, 2.24) is 0 Å². The fourth-order valence-corrected chi connectivity index (χ4v) is 4.48. The lowest BCUT2D eigenvalue weighted by Gasteiger charge is -2.06. The van der Waals surface area contributed by atoms with Crippen LogP contribution in [-0.4, -0.2) is 14.4 Å². The second-order valence-corrected chi connectivity index (χ2v) is 8.56. The van der Waals surface area contributed by atoms with Crippen molar-refractivity contribution < 1.29 is 26.8 Å². The van der Waals surface area contributed by atoms with E-state index < -0.39 is 15.8 Å². The zero-order valence-electron chi connectivity index (χ0n) is 15.6. The Morgan fingerprint density at radius 1 is 1.00 bits per heavy atom. The molecule has 0 aliphatic heterocycles. The van der Waals surface area contributed by atoms with E-state index in [9.17, 15) is 13.2 Å². The van der Waals surface area contributed by atoms with Crippen molar-refractivity contribution in [2.45, 2.75) is 24.2 Å². The number of esters is 1. The Hall–Kier alpha value is -3.32. The Morgan fingerprint density at radius 2 is 1.72 bits per heavy atom. The monoisotopic (exact) mass is 410 g/mol. The number of hydrogen-bond donors (Lipinski definition) is 0. The number of ether oxygens (including phenoxy) is 1. The third kappa shape index (κ3) is 3.82. The van der Waals surface area contributed by atoms with E-state index in [1.807, 2.05) is 31.2 Å². The van der Waals surface area contributed by atoms with Gasteiger partial charge in [-0.25, -0.2) is 13.2 Å². The van der Waals surface area contributed by atoms with Gasteiger partial charge in [0.2, 0.25) is 5.76 Å². The molecule has 0 N–H and O–H groups in total. The standard InChI is InChI=1S/C22H18O6S/c1-15-18-9-5-6-10-19(18)28-20(15)13-27-22(23)21-16(11-12-26-21)14-29(24,25)17-7-3-2-4-8-17/h2-12H,13-14H2,1H3. The fourth-order valence-electron chi connectivity index (χ4n) is 3.10. The zero-order chi connectivity index (χ0) is 20.4. The summed E-state index contributed by atoms with van der Waals surface area (Å²) in [4.78, 5) is 12.7. The van der Waals surface area contributed by atoms with Crippen molar-refractivity contribution in [2.24, 2.45) is 0 Å². The SMILES string of the molecule is Cc1c(COC(=O)c2occc2CS(=O)(=O)c2ccccc2)oc2ccccc12. The van der Waals surface area contributed by atoms with Crippen LogP contribution >= 0.6 is 0 Å². The smallest absolute Gasteiger partial charge is 0.374 e. The molecule has 29 heavy (non-hydrogen) atoms. The Balaban J connectivity index is 1.50. The highest BCUT2D eigenvalue weighted by Gasteiger charge is 2.24. The van der Waals surface area contributed by atoms with E-state index in [1.54, 1.807) is 18.2 Å². The number of aryl methyl sites for hydroxylation is 1. The van der Waals surface area contributed by atoms with Gasteiger partial charge in [-0.2, -0.15) is 0 Å². The molecule has 7 heteroatoms. The Bertz CT molecular complexity index is 1270. The molecule has 0 radical (unpaired) electrons. The summed E-state index contributed by atoms with van der Waals surface area (Å²) in [6.07, 6.45) is 1.28. The average Bonchev–Trinajstić information content (AvgIpc) is 3.31. The average molecular weight is 410 g/mol. The highest BCUT2D eigenvalue weighted by molar-refractivity contribution is 7.90. The number of carbonyl (C=O) groups is 1. The van der Waals surface area contributed by atoms with Gasteiger partial charge in [0.15, 0.2) is 9.84 Å². The molecule has 4 aromatic rings. The molecule has 0 aliphatic carbocycles. The van der Waals surface area contributed by atoms with Crippen LogP contribution < -0.4 is 0 Å². The molecular weight excluding hydrogens is 392 g/mol. The van der Waals surface area contributed by atoms with E-state index in [-0.39, 0.29) is 28.6 Å². The first-order valence-corrected chi connectivity index (χ1v) is 10.6. The van der Waals surface area contributed by atoms with E-state index in [0.717, 1.165) is 10.9 Å². The molecule has 2 aromatic carbocycles. The van der Waals surface area contributed by atoms with Crippen LogP contribution in [0.4, 0.5) is 0 Å². The molecule has 148 valence electrons. The van der Waals surface area contributed by atoms with Crippen LogP contribution in [0.15, 0.2) is 80.7 Å². The van der Waals surface area contributed by atoms with Crippen molar-refractivity contribution in [2.75, 3.05) is 0 Å². The summed E-state index contributed by atoms with van der Waals surface area (Å²) >= 11 is 0. The minimum Gasteiger partial charge on any atom is -0.457 e. The highest BCUT2D eigenvalue weighted by Crippen LogP contribution is 2.26. The minimum atomic E-state index is -3.62. The molecule has 6 nitrogen and oxygen atoms in total. The maximum absolute atomic E-state index is 12.6. The number of sulfone groups is 1. The Morgan fingerprint density at radius 3 is 2.48 bits per heavy atom. The zero-order valence-corrected chi connectivity index (χ0v) is 16.4. The summed E-state index contributed by atoms with van der Waals surface area (Å²) in [5.41, 5.74) is 1.85. The van der Waals surface area contributed by atoms with Crippen LogP contribution in [0.1, 0.15) is 27.4 Å². The van der Waals surface area contributed by atoms with Crippen LogP contribution in [0.25, 0.3) is 11.0 Å².